The fourth-order valence-corrected chi connectivity index (χ4v) is 2.60. The van der Waals surface area contributed by atoms with Crippen LogP contribution in [0, 0.1) is 0 Å². The second-order valence-corrected chi connectivity index (χ2v) is 6.54. The highest BCUT2D eigenvalue weighted by atomic mass is 32.2. The third-order valence-electron chi connectivity index (χ3n) is 3.15. The molecule has 0 saturated carbocycles. The Bertz CT molecular complexity index is 512. The number of rotatable bonds is 5. The zero-order valence-corrected chi connectivity index (χ0v) is 11.9. The van der Waals surface area contributed by atoms with Crippen LogP contribution >= 0.6 is 0 Å². The van der Waals surface area contributed by atoms with Crippen molar-refractivity contribution in [2.75, 3.05) is 36.8 Å². The third kappa shape index (κ3) is 3.89. The Hall–Kier alpha value is -1.18. The van der Waals surface area contributed by atoms with Gasteiger partial charge in [0, 0.05) is 44.5 Å². The summed E-state index contributed by atoms with van der Waals surface area (Å²) in [6, 6.07) is 3.75. The predicted molar refractivity (Wildman–Crippen MR) is 75.6 cm³/mol. The first-order valence-corrected chi connectivity index (χ1v) is 8.14. The van der Waals surface area contributed by atoms with Crippen molar-refractivity contribution in [3.8, 4) is 0 Å². The van der Waals surface area contributed by atoms with Crippen LogP contribution in [0.25, 0.3) is 0 Å². The van der Waals surface area contributed by atoms with Crippen molar-refractivity contribution in [2.45, 2.75) is 13.5 Å². The van der Waals surface area contributed by atoms with Crippen LogP contribution in [-0.2, 0) is 16.6 Å². The van der Waals surface area contributed by atoms with E-state index in [9.17, 15) is 8.42 Å². The van der Waals surface area contributed by atoms with Crippen LogP contribution in [0.3, 0.4) is 0 Å². The lowest BCUT2D eigenvalue weighted by Gasteiger charge is -2.30. The van der Waals surface area contributed by atoms with Gasteiger partial charge in [-0.05, 0) is 13.0 Å². The van der Waals surface area contributed by atoms with Crippen molar-refractivity contribution in [2.24, 2.45) is 0 Å². The van der Waals surface area contributed by atoms with Gasteiger partial charge in [0.15, 0.2) is 0 Å². The first kappa shape index (κ1) is 14.2. The Morgan fingerprint density at radius 1 is 1.42 bits per heavy atom. The standard InChI is InChI=1S/C12H20N4O2S/c1-2-19(17,18)15-10-11-4-3-5-14-12(11)16-8-6-13-7-9-16/h3-5,13,15H,2,6-10H2,1H3. The van der Waals surface area contributed by atoms with Crippen LogP contribution in [0.5, 0.6) is 0 Å². The molecule has 1 aliphatic heterocycles. The van der Waals surface area contributed by atoms with Crippen molar-refractivity contribution in [3.05, 3.63) is 23.9 Å². The third-order valence-corrected chi connectivity index (χ3v) is 4.49. The van der Waals surface area contributed by atoms with Gasteiger partial charge < -0.3 is 10.2 Å². The van der Waals surface area contributed by atoms with Gasteiger partial charge in [-0.1, -0.05) is 6.07 Å². The maximum Gasteiger partial charge on any atom is 0.211 e. The Labute approximate surface area is 114 Å². The molecule has 2 N–H and O–H groups in total. The smallest absolute Gasteiger partial charge is 0.211 e. The summed E-state index contributed by atoms with van der Waals surface area (Å²) in [4.78, 5) is 6.58. The van der Waals surface area contributed by atoms with Crippen LogP contribution in [0.4, 0.5) is 5.82 Å². The molecule has 0 radical (unpaired) electrons. The number of hydrogen-bond donors (Lipinski definition) is 2. The molecule has 1 fully saturated rings. The Kier molecular flexibility index (Phi) is 4.73. The molecule has 2 rings (SSSR count). The molecule has 6 nitrogen and oxygen atoms in total. The topological polar surface area (TPSA) is 74.3 Å². The predicted octanol–water partition coefficient (Wildman–Crippen LogP) is -0.0695. The van der Waals surface area contributed by atoms with E-state index in [0.29, 0.717) is 6.54 Å². The average molecular weight is 284 g/mol. The molecule has 1 aromatic heterocycles. The van der Waals surface area contributed by atoms with Crippen LogP contribution in [0.15, 0.2) is 18.3 Å². The normalized spacial score (nSPS) is 16.6. The van der Waals surface area contributed by atoms with Crippen LogP contribution in [0.2, 0.25) is 0 Å². The van der Waals surface area contributed by atoms with Gasteiger partial charge in [0.1, 0.15) is 5.82 Å². The summed E-state index contributed by atoms with van der Waals surface area (Å²) in [5.74, 6) is 0.971. The molecule has 0 aromatic carbocycles. The van der Waals surface area contributed by atoms with Gasteiger partial charge >= 0.3 is 0 Å². The van der Waals surface area contributed by atoms with Crippen LogP contribution in [0.1, 0.15) is 12.5 Å². The summed E-state index contributed by atoms with van der Waals surface area (Å²) in [5, 5.41) is 3.29. The monoisotopic (exact) mass is 284 g/mol. The van der Waals surface area contributed by atoms with Crippen molar-refractivity contribution >= 4 is 15.8 Å². The number of nitrogens with one attached hydrogen (secondary N) is 2. The molecule has 1 aromatic rings. The quantitative estimate of drug-likeness (QED) is 0.792. The number of hydrogen-bond acceptors (Lipinski definition) is 5. The average Bonchev–Trinajstić information content (AvgIpc) is 2.46. The van der Waals surface area contributed by atoms with E-state index in [1.807, 2.05) is 12.1 Å². The molecule has 0 unspecified atom stereocenters. The van der Waals surface area contributed by atoms with Gasteiger partial charge in [-0.3, -0.25) is 0 Å². The van der Waals surface area contributed by atoms with Crippen molar-refractivity contribution < 1.29 is 8.42 Å². The Morgan fingerprint density at radius 2 is 2.16 bits per heavy atom. The molecule has 0 bridgehead atoms. The zero-order chi connectivity index (χ0) is 13.7. The van der Waals surface area contributed by atoms with Crippen molar-refractivity contribution in [1.82, 2.24) is 15.0 Å². The fraction of sp³-hybridized carbons (Fsp3) is 0.583. The maximum atomic E-state index is 11.5. The number of aromatic nitrogens is 1. The maximum absolute atomic E-state index is 11.5. The molecule has 0 spiro atoms. The van der Waals surface area contributed by atoms with Crippen molar-refractivity contribution in [1.29, 1.82) is 0 Å². The first-order valence-electron chi connectivity index (χ1n) is 6.49. The first-order chi connectivity index (χ1) is 9.12. The summed E-state index contributed by atoms with van der Waals surface area (Å²) < 4.78 is 25.6. The van der Waals surface area contributed by atoms with Crippen LogP contribution in [-0.4, -0.2) is 45.3 Å². The molecule has 106 valence electrons. The minimum atomic E-state index is -3.17. The second-order valence-electron chi connectivity index (χ2n) is 4.45. The molecule has 0 aliphatic carbocycles. The summed E-state index contributed by atoms with van der Waals surface area (Å²) >= 11 is 0. The van der Waals surface area contributed by atoms with E-state index in [4.69, 9.17) is 0 Å². The molecule has 19 heavy (non-hydrogen) atoms. The lowest BCUT2D eigenvalue weighted by atomic mass is 10.2. The summed E-state index contributed by atoms with van der Waals surface area (Å²) in [6.45, 7) is 5.56. The minimum Gasteiger partial charge on any atom is -0.354 e. The van der Waals surface area contributed by atoms with E-state index in [1.54, 1.807) is 13.1 Å². The molecule has 1 aliphatic rings. The van der Waals surface area contributed by atoms with E-state index >= 15 is 0 Å². The second kappa shape index (κ2) is 6.31. The van der Waals surface area contributed by atoms with Gasteiger partial charge in [-0.25, -0.2) is 18.1 Å². The number of pyridine rings is 1. The lowest BCUT2D eigenvalue weighted by molar-refractivity contribution is 0.577. The highest BCUT2D eigenvalue weighted by Gasteiger charge is 2.16. The highest BCUT2D eigenvalue weighted by molar-refractivity contribution is 7.89. The minimum absolute atomic E-state index is 0.0935. The molecule has 0 atom stereocenters. The number of piperazine rings is 1. The molecule has 2 heterocycles. The Balaban J connectivity index is 2.12. The lowest BCUT2D eigenvalue weighted by Crippen LogP contribution is -2.44. The summed E-state index contributed by atoms with van der Waals surface area (Å²) in [7, 11) is -3.17. The van der Waals surface area contributed by atoms with Gasteiger partial charge in [0.25, 0.3) is 0 Å². The number of anilines is 1. The van der Waals surface area contributed by atoms with Gasteiger partial charge in [0.2, 0.25) is 10.0 Å². The highest BCUT2D eigenvalue weighted by Crippen LogP contribution is 2.17. The SMILES string of the molecule is CCS(=O)(=O)NCc1cccnc1N1CCNCC1. The van der Waals surface area contributed by atoms with E-state index < -0.39 is 10.0 Å². The molecule has 0 amide bonds. The Morgan fingerprint density at radius 3 is 2.84 bits per heavy atom. The largest absolute Gasteiger partial charge is 0.354 e. The molecule has 7 heteroatoms. The molecular weight excluding hydrogens is 264 g/mol. The van der Waals surface area contributed by atoms with E-state index in [0.717, 1.165) is 37.6 Å². The van der Waals surface area contributed by atoms with E-state index in [-0.39, 0.29) is 5.75 Å². The molecule has 1 saturated heterocycles. The zero-order valence-electron chi connectivity index (χ0n) is 11.1. The van der Waals surface area contributed by atoms with Crippen LogP contribution < -0.4 is 14.9 Å². The van der Waals surface area contributed by atoms with E-state index in [2.05, 4.69) is 19.9 Å². The number of nitrogens with zero attached hydrogens (tertiary/aromatic N) is 2. The van der Waals surface area contributed by atoms with Gasteiger partial charge in [-0.15, -0.1) is 0 Å². The number of sulfonamides is 1. The van der Waals surface area contributed by atoms with E-state index in [1.165, 1.54) is 0 Å². The summed E-state index contributed by atoms with van der Waals surface area (Å²) in [6.07, 6.45) is 1.75. The van der Waals surface area contributed by atoms with Gasteiger partial charge in [-0.2, -0.15) is 0 Å². The molecular formula is C12H20N4O2S. The summed E-state index contributed by atoms with van der Waals surface area (Å²) in [5.41, 5.74) is 0.918. The van der Waals surface area contributed by atoms with Gasteiger partial charge in [0.05, 0.1) is 5.75 Å². The van der Waals surface area contributed by atoms with Crippen molar-refractivity contribution in [3.63, 3.8) is 0 Å². The fourth-order valence-electron chi connectivity index (χ4n) is 2.02.